The Bertz CT molecular complexity index is 549. The van der Waals surface area contributed by atoms with E-state index >= 15 is 0 Å². The van der Waals surface area contributed by atoms with Crippen molar-refractivity contribution < 1.29 is 8.42 Å². The second kappa shape index (κ2) is 4.80. The minimum absolute atomic E-state index is 0.0775. The molecule has 1 aliphatic carbocycles. The van der Waals surface area contributed by atoms with Crippen molar-refractivity contribution in [3.05, 3.63) is 24.3 Å². The van der Waals surface area contributed by atoms with Gasteiger partial charge in [-0.25, -0.2) is 8.42 Å². The molecule has 4 nitrogen and oxygen atoms in total. The Labute approximate surface area is 115 Å². The van der Waals surface area contributed by atoms with E-state index in [0.717, 1.165) is 12.1 Å². The van der Waals surface area contributed by atoms with E-state index in [1.807, 2.05) is 12.1 Å². The molecule has 2 rings (SSSR count). The predicted molar refractivity (Wildman–Crippen MR) is 78.0 cm³/mol. The van der Waals surface area contributed by atoms with Crippen LogP contribution < -0.4 is 11.1 Å². The standard InChI is InChI=1S/C14H22N2O2S/c1-4-19(17,18)11-7-5-10(6-8-11)16-13-9-12(15)14(13,2)3/h5-8,12-13,16H,4,9,15H2,1-3H3. The Morgan fingerprint density at radius 3 is 2.32 bits per heavy atom. The minimum Gasteiger partial charge on any atom is -0.382 e. The maximum absolute atomic E-state index is 11.7. The zero-order valence-electron chi connectivity index (χ0n) is 11.7. The molecular formula is C14H22N2O2S. The monoisotopic (exact) mass is 282 g/mol. The summed E-state index contributed by atoms with van der Waals surface area (Å²) in [5.74, 6) is 0.129. The fraction of sp³-hybridized carbons (Fsp3) is 0.571. The summed E-state index contributed by atoms with van der Waals surface area (Å²) in [6.45, 7) is 5.95. The van der Waals surface area contributed by atoms with Crippen LogP contribution in [0.5, 0.6) is 0 Å². The Kier molecular flexibility index (Phi) is 3.62. The topological polar surface area (TPSA) is 72.2 Å². The molecule has 2 atom stereocenters. The lowest BCUT2D eigenvalue weighted by atomic mass is 9.63. The molecule has 1 saturated carbocycles. The van der Waals surface area contributed by atoms with Gasteiger partial charge in [0, 0.05) is 23.2 Å². The first kappa shape index (κ1) is 14.3. The molecule has 19 heavy (non-hydrogen) atoms. The number of hydrogen-bond acceptors (Lipinski definition) is 4. The van der Waals surface area contributed by atoms with Crippen molar-refractivity contribution in [1.29, 1.82) is 0 Å². The first-order valence-corrected chi connectivity index (χ1v) is 8.27. The zero-order valence-corrected chi connectivity index (χ0v) is 12.5. The number of sulfone groups is 1. The molecule has 0 radical (unpaired) electrons. The second-order valence-corrected chi connectivity index (χ2v) is 8.07. The molecule has 0 saturated heterocycles. The quantitative estimate of drug-likeness (QED) is 0.886. The highest BCUT2D eigenvalue weighted by atomic mass is 32.2. The van der Waals surface area contributed by atoms with Crippen LogP contribution in [0, 0.1) is 5.41 Å². The van der Waals surface area contributed by atoms with Crippen molar-refractivity contribution in [3.63, 3.8) is 0 Å². The van der Waals surface area contributed by atoms with E-state index < -0.39 is 9.84 Å². The van der Waals surface area contributed by atoms with E-state index in [1.54, 1.807) is 19.1 Å². The number of nitrogens with two attached hydrogens (primary N) is 1. The van der Waals surface area contributed by atoms with E-state index in [0.29, 0.717) is 10.9 Å². The second-order valence-electron chi connectivity index (χ2n) is 5.79. The van der Waals surface area contributed by atoms with Crippen molar-refractivity contribution in [2.75, 3.05) is 11.1 Å². The van der Waals surface area contributed by atoms with Crippen LogP contribution in [0.15, 0.2) is 29.2 Å². The average molecular weight is 282 g/mol. The van der Waals surface area contributed by atoms with Gasteiger partial charge in [0.05, 0.1) is 10.6 Å². The lowest BCUT2D eigenvalue weighted by Gasteiger charge is -2.51. The molecule has 3 N–H and O–H groups in total. The molecule has 1 aromatic rings. The van der Waals surface area contributed by atoms with Crippen molar-refractivity contribution in [2.45, 2.75) is 44.2 Å². The van der Waals surface area contributed by atoms with Crippen LogP contribution >= 0.6 is 0 Å². The van der Waals surface area contributed by atoms with Crippen LogP contribution in [-0.4, -0.2) is 26.3 Å². The molecule has 0 bridgehead atoms. The van der Waals surface area contributed by atoms with Crippen molar-refractivity contribution in [3.8, 4) is 0 Å². The smallest absolute Gasteiger partial charge is 0.178 e. The number of benzene rings is 1. The summed E-state index contributed by atoms with van der Waals surface area (Å²) in [6, 6.07) is 7.53. The van der Waals surface area contributed by atoms with Gasteiger partial charge in [-0.1, -0.05) is 20.8 Å². The maximum Gasteiger partial charge on any atom is 0.178 e. The van der Waals surface area contributed by atoms with E-state index in [9.17, 15) is 8.42 Å². The first-order chi connectivity index (χ1) is 8.77. The summed E-state index contributed by atoms with van der Waals surface area (Å²) >= 11 is 0. The highest BCUT2D eigenvalue weighted by Crippen LogP contribution is 2.40. The number of anilines is 1. The van der Waals surface area contributed by atoms with Crippen LogP contribution in [0.25, 0.3) is 0 Å². The van der Waals surface area contributed by atoms with Gasteiger partial charge in [0.15, 0.2) is 9.84 Å². The summed E-state index contributed by atoms with van der Waals surface area (Å²) in [5.41, 5.74) is 7.00. The summed E-state index contributed by atoms with van der Waals surface area (Å²) in [4.78, 5) is 0.380. The van der Waals surface area contributed by atoms with Gasteiger partial charge in [0.25, 0.3) is 0 Å². The first-order valence-electron chi connectivity index (χ1n) is 6.62. The largest absolute Gasteiger partial charge is 0.382 e. The lowest BCUT2D eigenvalue weighted by molar-refractivity contribution is 0.117. The Morgan fingerprint density at radius 2 is 1.89 bits per heavy atom. The van der Waals surface area contributed by atoms with Crippen LogP contribution in [0.4, 0.5) is 5.69 Å². The Morgan fingerprint density at radius 1 is 1.32 bits per heavy atom. The SMILES string of the molecule is CCS(=O)(=O)c1ccc(NC2CC(N)C2(C)C)cc1. The highest BCUT2D eigenvalue weighted by molar-refractivity contribution is 7.91. The van der Waals surface area contributed by atoms with Gasteiger partial charge in [-0.3, -0.25) is 0 Å². The van der Waals surface area contributed by atoms with E-state index in [4.69, 9.17) is 5.73 Å². The molecule has 2 unspecified atom stereocenters. The van der Waals surface area contributed by atoms with Gasteiger partial charge < -0.3 is 11.1 Å². The number of nitrogens with one attached hydrogen (secondary N) is 1. The van der Waals surface area contributed by atoms with Crippen molar-refractivity contribution >= 4 is 15.5 Å². The fourth-order valence-electron chi connectivity index (χ4n) is 2.33. The minimum atomic E-state index is -3.11. The number of hydrogen-bond donors (Lipinski definition) is 2. The number of rotatable bonds is 4. The van der Waals surface area contributed by atoms with E-state index in [2.05, 4.69) is 19.2 Å². The van der Waals surface area contributed by atoms with Gasteiger partial charge in [-0.15, -0.1) is 0 Å². The van der Waals surface area contributed by atoms with Gasteiger partial charge in [-0.2, -0.15) is 0 Å². The van der Waals surface area contributed by atoms with E-state index in [1.165, 1.54) is 0 Å². The van der Waals surface area contributed by atoms with Crippen LogP contribution in [0.2, 0.25) is 0 Å². The molecule has 1 aliphatic rings. The van der Waals surface area contributed by atoms with Crippen LogP contribution in [0.3, 0.4) is 0 Å². The molecular weight excluding hydrogens is 260 g/mol. The maximum atomic E-state index is 11.7. The van der Waals surface area contributed by atoms with Crippen molar-refractivity contribution in [2.24, 2.45) is 11.1 Å². The molecule has 1 fully saturated rings. The zero-order chi connectivity index (χ0) is 14.3. The van der Waals surface area contributed by atoms with Crippen LogP contribution in [0.1, 0.15) is 27.2 Å². The lowest BCUT2D eigenvalue weighted by Crippen LogP contribution is -2.61. The third-order valence-corrected chi connectivity index (χ3v) is 6.03. The molecule has 0 heterocycles. The third kappa shape index (κ3) is 2.62. The average Bonchev–Trinajstić information content (AvgIpc) is 2.39. The molecule has 0 amide bonds. The summed E-state index contributed by atoms with van der Waals surface area (Å²) in [7, 11) is -3.11. The molecule has 0 aromatic heterocycles. The summed E-state index contributed by atoms with van der Waals surface area (Å²) in [5, 5.41) is 3.42. The summed E-state index contributed by atoms with van der Waals surface area (Å²) < 4.78 is 23.4. The fourth-order valence-corrected chi connectivity index (χ4v) is 3.21. The van der Waals surface area contributed by atoms with Crippen molar-refractivity contribution in [1.82, 2.24) is 0 Å². The van der Waals surface area contributed by atoms with Gasteiger partial charge >= 0.3 is 0 Å². The molecule has 0 aliphatic heterocycles. The highest BCUT2D eigenvalue weighted by Gasteiger charge is 2.45. The van der Waals surface area contributed by atoms with Gasteiger partial charge in [-0.05, 0) is 30.7 Å². The normalized spacial score (nSPS) is 25.7. The van der Waals surface area contributed by atoms with Gasteiger partial charge in [0.1, 0.15) is 0 Å². The van der Waals surface area contributed by atoms with Crippen LogP contribution in [-0.2, 0) is 9.84 Å². The summed E-state index contributed by atoms with van der Waals surface area (Å²) in [6.07, 6.45) is 0.946. The Balaban J connectivity index is 2.09. The van der Waals surface area contributed by atoms with E-state index in [-0.39, 0.29) is 17.2 Å². The molecule has 5 heteroatoms. The molecule has 106 valence electrons. The Hall–Kier alpha value is -1.07. The molecule has 1 aromatic carbocycles. The molecule has 0 spiro atoms. The third-order valence-electron chi connectivity index (χ3n) is 4.28. The van der Waals surface area contributed by atoms with Gasteiger partial charge in [0.2, 0.25) is 0 Å². The predicted octanol–water partition coefficient (Wildman–Crippen LogP) is 2.02.